The molecule has 0 aromatic heterocycles. The van der Waals surface area contributed by atoms with Gasteiger partial charge in [0.25, 0.3) is 0 Å². The van der Waals surface area contributed by atoms with E-state index in [0.29, 0.717) is 10.7 Å². The molecule has 214 valence electrons. The first-order valence-electron chi connectivity index (χ1n) is 13.3. The molecule has 1 N–H and O–H groups in total. The fourth-order valence-corrected chi connectivity index (χ4v) is 5.51. The van der Waals surface area contributed by atoms with Gasteiger partial charge in [0.05, 0.1) is 11.9 Å². The van der Waals surface area contributed by atoms with E-state index in [4.69, 9.17) is 11.6 Å². The van der Waals surface area contributed by atoms with Crippen LogP contribution in [0.25, 0.3) is 0 Å². The second-order valence-corrected chi connectivity index (χ2v) is 12.8. The van der Waals surface area contributed by atoms with Gasteiger partial charge in [-0.25, -0.2) is 8.42 Å². The minimum atomic E-state index is -3.84. The summed E-state index contributed by atoms with van der Waals surface area (Å²) in [4.78, 5) is 29.2. The smallest absolute Gasteiger partial charge is 0.244 e. The molecule has 0 spiro atoms. The predicted octanol–water partition coefficient (Wildman–Crippen LogP) is 5.39. The summed E-state index contributed by atoms with van der Waals surface area (Å²) in [5.41, 5.74) is 2.90. The van der Waals surface area contributed by atoms with Crippen LogP contribution in [0, 0.1) is 0 Å². The molecule has 0 saturated heterocycles. The molecule has 2 amide bonds. The van der Waals surface area contributed by atoms with Crippen molar-refractivity contribution in [2.45, 2.75) is 58.7 Å². The lowest BCUT2D eigenvalue weighted by atomic mass is 10.0. The molecule has 0 aliphatic heterocycles. The zero-order valence-corrected chi connectivity index (χ0v) is 25.2. The van der Waals surface area contributed by atoms with Gasteiger partial charge in [-0.2, -0.15) is 0 Å². The second kappa shape index (κ2) is 13.8. The average Bonchev–Trinajstić information content (AvgIpc) is 2.89. The van der Waals surface area contributed by atoms with E-state index < -0.39 is 28.5 Å². The molecule has 3 rings (SSSR count). The molecule has 1 atom stereocenters. The van der Waals surface area contributed by atoms with Crippen LogP contribution >= 0.6 is 11.6 Å². The highest BCUT2D eigenvalue weighted by Gasteiger charge is 2.33. The Morgan fingerprint density at radius 3 is 2.02 bits per heavy atom. The molecule has 0 saturated carbocycles. The van der Waals surface area contributed by atoms with Gasteiger partial charge in [0, 0.05) is 24.0 Å². The van der Waals surface area contributed by atoms with Crippen molar-refractivity contribution in [2.24, 2.45) is 0 Å². The van der Waals surface area contributed by atoms with Gasteiger partial charge in [0.1, 0.15) is 12.6 Å². The Labute approximate surface area is 243 Å². The lowest BCUT2D eigenvalue weighted by Crippen LogP contribution is -2.54. The first kappa shape index (κ1) is 31.2. The highest BCUT2D eigenvalue weighted by molar-refractivity contribution is 7.92. The lowest BCUT2D eigenvalue weighted by molar-refractivity contribution is -0.140. The topological polar surface area (TPSA) is 86.8 Å². The van der Waals surface area contributed by atoms with E-state index in [0.717, 1.165) is 27.3 Å². The van der Waals surface area contributed by atoms with Crippen LogP contribution in [0.4, 0.5) is 5.69 Å². The van der Waals surface area contributed by atoms with Gasteiger partial charge < -0.3 is 10.2 Å². The molecular formula is C31H38ClN3O4S. The number of rotatable bonds is 12. The number of carbonyl (C=O) groups excluding carboxylic acids is 2. The van der Waals surface area contributed by atoms with Crippen molar-refractivity contribution < 1.29 is 18.0 Å². The standard InChI is InChI=1S/C31H38ClN3O4S/c1-22(2)27-13-9-10-14-28(27)35(40(5,38)39)21-30(36)34(20-25-15-17-26(32)18-16-25)29(31(37)33-23(3)4)19-24-11-7-6-8-12-24/h6-18,22-23,29H,19-21H2,1-5H3,(H,33,37)/t29-/m0/s1. The van der Waals surface area contributed by atoms with Crippen molar-refractivity contribution in [1.29, 1.82) is 0 Å². The van der Waals surface area contributed by atoms with Gasteiger partial charge >= 0.3 is 0 Å². The Kier molecular flexibility index (Phi) is 10.8. The van der Waals surface area contributed by atoms with Gasteiger partial charge in [-0.05, 0) is 54.7 Å². The Balaban J connectivity index is 2.09. The third-order valence-corrected chi connectivity index (χ3v) is 7.85. The van der Waals surface area contributed by atoms with E-state index >= 15 is 0 Å². The fraction of sp³-hybridized carbons (Fsp3) is 0.355. The Morgan fingerprint density at radius 1 is 0.850 bits per heavy atom. The molecule has 0 unspecified atom stereocenters. The van der Waals surface area contributed by atoms with Gasteiger partial charge in [0.15, 0.2) is 0 Å². The number of benzene rings is 3. The maximum absolute atomic E-state index is 14.2. The second-order valence-electron chi connectivity index (χ2n) is 10.5. The number of halogens is 1. The van der Waals surface area contributed by atoms with Crippen LogP contribution in [0.5, 0.6) is 0 Å². The fourth-order valence-electron chi connectivity index (χ4n) is 4.52. The Morgan fingerprint density at radius 2 is 1.45 bits per heavy atom. The van der Waals surface area contributed by atoms with Crippen molar-refractivity contribution in [3.8, 4) is 0 Å². The van der Waals surface area contributed by atoms with Gasteiger partial charge in [-0.15, -0.1) is 0 Å². The molecular weight excluding hydrogens is 546 g/mol. The van der Waals surface area contributed by atoms with Crippen LogP contribution in [0.2, 0.25) is 5.02 Å². The van der Waals surface area contributed by atoms with E-state index in [-0.39, 0.29) is 30.8 Å². The molecule has 3 aromatic rings. The maximum atomic E-state index is 14.2. The SMILES string of the molecule is CC(C)NC(=O)[C@H](Cc1ccccc1)N(Cc1ccc(Cl)cc1)C(=O)CN(c1ccccc1C(C)C)S(C)(=O)=O. The molecule has 0 aliphatic rings. The summed E-state index contributed by atoms with van der Waals surface area (Å²) >= 11 is 6.10. The normalized spacial score (nSPS) is 12.3. The number of amides is 2. The molecule has 0 fully saturated rings. The molecule has 0 heterocycles. The zero-order valence-electron chi connectivity index (χ0n) is 23.7. The number of para-hydroxylation sites is 1. The predicted molar refractivity (Wildman–Crippen MR) is 162 cm³/mol. The highest BCUT2D eigenvalue weighted by Crippen LogP contribution is 2.29. The van der Waals surface area contributed by atoms with Gasteiger partial charge in [-0.3, -0.25) is 13.9 Å². The monoisotopic (exact) mass is 583 g/mol. The van der Waals surface area contributed by atoms with E-state index in [1.165, 1.54) is 4.90 Å². The maximum Gasteiger partial charge on any atom is 0.244 e. The molecule has 7 nitrogen and oxygen atoms in total. The molecule has 3 aromatic carbocycles. The quantitative estimate of drug-likeness (QED) is 0.309. The van der Waals surface area contributed by atoms with Crippen LogP contribution in [0.1, 0.15) is 50.3 Å². The molecule has 40 heavy (non-hydrogen) atoms. The summed E-state index contributed by atoms with van der Waals surface area (Å²) in [5.74, 6) is -0.767. The summed E-state index contributed by atoms with van der Waals surface area (Å²) in [7, 11) is -3.84. The Hall–Kier alpha value is -3.36. The van der Waals surface area contributed by atoms with Crippen molar-refractivity contribution in [2.75, 3.05) is 17.1 Å². The molecule has 0 aliphatic carbocycles. The van der Waals surface area contributed by atoms with Gasteiger partial charge in [-0.1, -0.05) is 86.1 Å². The highest BCUT2D eigenvalue weighted by atomic mass is 35.5. The van der Waals surface area contributed by atoms with E-state index in [1.54, 1.807) is 36.4 Å². The summed E-state index contributed by atoms with van der Waals surface area (Å²) in [6.07, 6.45) is 1.36. The molecule has 9 heteroatoms. The van der Waals surface area contributed by atoms with Crippen molar-refractivity contribution >= 4 is 39.1 Å². The van der Waals surface area contributed by atoms with Crippen LogP contribution in [0.15, 0.2) is 78.9 Å². The zero-order chi connectivity index (χ0) is 29.4. The first-order chi connectivity index (χ1) is 18.9. The first-order valence-corrected chi connectivity index (χ1v) is 15.5. The number of carbonyl (C=O) groups is 2. The largest absolute Gasteiger partial charge is 0.352 e. The van der Waals surface area contributed by atoms with E-state index in [2.05, 4.69) is 5.32 Å². The summed E-state index contributed by atoms with van der Waals surface area (Å²) in [6.45, 7) is 7.31. The number of sulfonamides is 1. The summed E-state index contributed by atoms with van der Waals surface area (Å²) < 4.78 is 27.3. The van der Waals surface area contributed by atoms with Crippen LogP contribution in [-0.2, 0) is 32.6 Å². The minimum Gasteiger partial charge on any atom is -0.352 e. The van der Waals surface area contributed by atoms with Crippen molar-refractivity contribution in [3.63, 3.8) is 0 Å². The minimum absolute atomic E-state index is 0.0309. The number of hydrogen-bond acceptors (Lipinski definition) is 4. The van der Waals surface area contributed by atoms with Gasteiger partial charge in [0.2, 0.25) is 21.8 Å². The third-order valence-electron chi connectivity index (χ3n) is 6.47. The van der Waals surface area contributed by atoms with Crippen LogP contribution in [0.3, 0.4) is 0 Å². The van der Waals surface area contributed by atoms with E-state index in [9.17, 15) is 18.0 Å². The third kappa shape index (κ3) is 8.57. The van der Waals surface area contributed by atoms with Crippen LogP contribution in [-0.4, -0.2) is 50.0 Å². The van der Waals surface area contributed by atoms with Crippen LogP contribution < -0.4 is 9.62 Å². The molecule has 0 bridgehead atoms. The Bertz CT molecular complexity index is 1390. The van der Waals surface area contributed by atoms with E-state index in [1.807, 2.05) is 70.2 Å². The summed E-state index contributed by atoms with van der Waals surface area (Å²) in [6, 6.07) is 22.6. The number of nitrogens with zero attached hydrogens (tertiary/aromatic N) is 2. The number of hydrogen-bond donors (Lipinski definition) is 1. The van der Waals surface area contributed by atoms with Crippen molar-refractivity contribution in [1.82, 2.24) is 10.2 Å². The molecule has 0 radical (unpaired) electrons. The van der Waals surface area contributed by atoms with Crippen molar-refractivity contribution in [3.05, 3.63) is 101 Å². The lowest BCUT2D eigenvalue weighted by Gasteiger charge is -2.34. The average molecular weight is 584 g/mol. The summed E-state index contributed by atoms with van der Waals surface area (Å²) in [5, 5.41) is 3.50. The number of nitrogens with one attached hydrogen (secondary N) is 1. The number of anilines is 1.